The van der Waals surface area contributed by atoms with Crippen LogP contribution in [-0.4, -0.2) is 39.6 Å². The van der Waals surface area contributed by atoms with Crippen LogP contribution in [0.5, 0.6) is 5.75 Å². The maximum atomic E-state index is 12.2. The first-order chi connectivity index (χ1) is 14.5. The van der Waals surface area contributed by atoms with Gasteiger partial charge in [0, 0.05) is 22.8 Å². The number of benzene rings is 2. The number of carbonyl (C=O) groups is 1. The molecule has 0 aliphatic carbocycles. The lowest BCUT2D eigenvalue weighted by Crippen LogP contribution is -2.28. The van der Waals surface area contributed by atoms with Gasteiger partial charge >= 0.3 is 0 Å². The fourth-order valence-electron chi connectivity index (χ4n) is 2.74. The van der Waals surface area contributed by atoms with Crippen LogP contribution >= 0.6 is 23.4 Å². The van der Waals surface area contributed by atoms with Crippen molar-refractivity contribution >= 4 is 29.3 Å². The van der Waals surface area contributed by atoms with Crippen LogP contribution in [0.4, 0.5) is 0 Å². The van der Waals surface area contributed by atoms with E-state index in [-0.39, 0.29) is 11.7 Å². The van der Waals surface area contributed by atoms with Crippen molar-refractivity contribution in [3.8, 4) is 22.8 Å². The Bertz CT molecular complexity index is 972. The van der Waals surface area contributed by atoms with Crippen LogP contribution in [0.1, 0.15) is 20.8 Å². The van der Waals surface area contributed by atoms with Crippen LogP contribution in [0, 0.1) is 5.92 Å². The second kappa shape index (κ2) is 10.5. The van der Waals surface area contributed by atoms with Crippen molar-refractivity contribution in [1.82, 2.24) is 20.1 Å². The van der Waals surface area contributed by atoms with Gasteiger partial charge in [0.25, 0.3) is 0 Å². The molecule has 1 aromatic heterocycles. The lowest BCUT2D eigenvalue weighted by Gasteiger charge is -2.12. The number of nitrogens with zero attached hydrogens (tertiary/aromatic N) is 3. The monoisotopic (exact) mass is 444 g/mol. The highest BCUT2D eigenvalue weighted by Crippen LogP contribution is 2.29. The van der Waals surface area contributed by atoms with E-state index in [1.165, 1.54) is 11.8 Å². The second-order valence-corrected chi connectivity index (χ2v) is 8.44. The summed E-state index contributed by atoms with van der Waals surface area (Å²) in [5.74, 6) is 2.12. The SMILES string of the molecule is CCOc1ccc(-n2c(SCC(=O)NCC(C)C)nnc2-c2ccc(Cl)cc2)cc1. The summed E-state index contributed by atoms with van der Waals surface area (Å²) in [4.78, 5) is 12.2. The minimum absolute atomic E-state index is 0.0250. The highest BCUT2D eigenvalue weighted by Gasteiger charge is 2.17. The molecule has 6 nitrogen and oxygen atoms in total. The number of amides is 1. The van der Waals surface area contributed by atoms with Gasteiger partial charge in [-0.3, -0.25) is 9.36 Å². The van der Waals surface area contributed by atoms with Gasteiger partial charge in [-0.25, -0.2) is 0 Å². The summed E-state index contributed by atoms with van der Waals surface area (Å²) in [6.45, 7) is 7.34. The van der Waals surface area contributed by atoms with Crippen LogP contribution < -0.4 is 10.1 Å². The number of halogens is 1. The lowest BCUT2D eigenvalue weighted by molar-refractivity contribution is -0.118. The molecular weight excluding hydrogens is 420 g/mol. The Hall–Kier alpha value is -2.51. The molecule has 0 radical (unpaired) electrons. The molecule has 0 bridgehead atoms. The van der Waals surface area contributed by atoms with E-state index in [0.717, 1.165) is 17.0 Å². The predicted octanol–water partition coefficient (Wildman–Crippen LogP) is 4.85. The number of ether oxygens (including phenoxy) is 1. The van der Waals surface area contributed by atoms with E-state index in [2.05, 4.69) is 29.4 Å². The van der Waals surface area contributed by atoms with Gasteiger partial charge in [-0.05, 0) is 61.4 Å². The molecule has 3 rings (SSSR count). The second-order valence-electron chi connectivity index (χ2n) is 7.06. The molecule has 1 amide bonds. The number of hydrogen-bond donors (Lipinski definition) is 1. The van der Waals surface area contributed by atoms with Crippen molar-refractivity contribution in [3.05, 3.63) is 53.6 Å². The van der Waals surface area contributed by atoms with Crippen molar-refractivity contribution in [1.29, 1.82) is 0 Å². The van der Waals surface area contributed by atoms with E-state index < -0.39 is 0 Å². The third kappa shape index (κ3) is 5.77. The highest BCUT2D eigenvalue weighted by atomic mass is 35.5. The van der Waals surface area contributed by atoms with E-state index in [4.69, 9.17) is 16.3 Å². The molecule has 0 aliphatic heterocycles. The summed E-state index contributed by atoms with van der Waals surface area (Å²) in [5, 5.41) is 13.0. The van der Waals surface area contributed by atoms with Crippen molar-refractivity contribution < 1.29 is 9.53 Å². The number of thioether (sulfide) groups is 1. The zero-order valence-corrected chi connectivity index (χ0v) is 18.8. The maximum Gasteiger partial charge on any atom is 0.230 e. The molecule has 0 fully saturated rings. The summed E-state index contributed by atoms with van der Waals surface area (Å²) in [6.07, 6.45) is 0. The molecule has 8 heteroatoms. The van der Waals surface area contributed by atoms with Gasteiger partial charge in [0.05, 0.1) is 12.4 Å². The molecule has 0 saturated carbocycles. The Morgan fingerprint density at radius 1 is 1.13 bits per heavy atom. The molecule has 1 N–H and O–H groups in total. The number of hydrogen-bond acceptors (Lipinski definition) is 5. The summed E-state index contributed by atoms with van der Waals surface area (Å²) in [6, 6.07) is 15.2. The molecule has 3 aromatic rings. The Labute approximate surface area is 186 Å². The van der Waals surface area contributed by atoms with E-state index in [1.54, 1.807) is 0 Å². The first-order valence-corrected chi connectivity index (χ1v) is 11.2. The van der Waals surface area contributed by atoms with E-state index >= 15 is 0 Å². The van der Waals surface area contributed by atoms with Crippen LogP contribution in [0.3, 0.4) is 0 Å². The molecule has 0 atom stereocenters. The number of rotatable bonds is 9. The minimum Gasteiger partial charge on any atom is -0.494 e. The predicted molar refractivity (Wildman–Crippen MR) is 122 cm³/mol. The molecule has 158 valence electrons. The molecule has 1 heterocycles. The zero-order valence-electron chi connectivity index (χ0n) is 17.3. The fourth-order valence-corrected chi connectivity index (χ4v) is 3.65. The molecule has 30 heavy (non-hydrogen) atoms. The van der Waals surface area contributed by atoms with Crippen molar-refractivity contribution in [2.24, 2.45) is 5.92 Å². The van der Waals surface area contributed by atoms with Crippen LogP contribution in [0.2, 0.25) is 5.02 Å². The normalized spacial score (nSPS) is 11.0. The third-order valence-electron chi connectivity index (χ3n) is 4.18. The molecule has 0 aliphatic rings. The van der Waals surface area contributed by atoms with Gasteiger partial charge in [0.1, 0.15) is 5.75 Å². The standard InChI is InChI=1S/C22H25ClN4O2S/c1-4-29-19-11-9-18(10-12-19)27-21(16-5-7-17(23)8-6-16)25-26-22(27)30-14-20(28)24-13-15(2)3/h5-12,15H,4,13-14H2,1-3H3,(H,24,28). The molecule has 0 saturated heterocycles. The first-order valence-electron chi connectivity index (χ1n) is 9.82. The van der Waals surface area contributed by atoms with Crippen LogP contribution in [0.15, 0.2) is 53.7 Å². The summed E-state index contributed by atoms with van der Waals surface area (Å²) < 4.78 is 7.49. The summed E-state index contributed by atoms with van der Waals surface area (Å²) in [5.41, 5.74) is 1.77. The zero-order chi connectivity index (χ0) is 21.5. The number of nitrogens with one attached hydrogen (secondary N) is 1. The van der Waals surface area contributed by atoms with Crippen LogP contribution in [0.25, 0.3) is 17.1 Å². The fraction of sp³-hybridized carbons (Fsp3) is 0.318. The Balaban J connectivity index is 1.90. The van der Waals surface area contributed by atoms with Crippen molar-refractivity contribution in [2.45, 2.75) is 25.9 Å². The molecule has 2 aromatic carbocycles. The minimum atomic E-state index is -0.0250. The van der Waals surface area contributed by atoms with Crippen molar-refractivity contribution in [3.63, 3.8) is 0 Å². The Morgan fingerprint density at radius 2 is 1.83 bits per heavy atom. The smallest absolute Gasteiger partial charge is 0.230 e. The Kier molecular flexibility index (Phi) is 7.76. The number of carbonyl (C=O) groups excluding carboxylic acids is 1. The van der Waals surface area contributed by atoms with Gasteiger partial charge in [0.2, 0.25) is 5.91 Å². The van der Waals surface area contributed by atoms with Gasteiger partial charge in [-0.2, -0.15) is 0 Å². The topological polar surface area (TPSA) is 69.0 Å². The number of aromatic nitrogens is 3. The van der Waals surface area contributed by atoms with Gasteiger partial charge < -0.3 is 10.1 Å². The first kappa shape index (κ1) is 22.2. The average Bonchev–Trinajstić information content (AvgIpc) is 3.16. The highest BCUT2D eigenvalue weighted by molar-refractivity contribution is 7.99. The van der Waals surface area contributed by atoms with Gasteiger partial charge in [-0.1, -0.05) is 37.2 Å². The van der Waals surface area contributed by atoms with Crippen molar-refractivity contribution in [2.75, 3.05) is 18.9 Å². The van der Waals surface area contributed by atoms with E-state index in [1.807, 2.05) is 60.0 Å². The van der Waals surface area contributed by atoms with Gasteiger partial charge in [-0.15, -0.1) is 10.2 Å². The van der Waals surface area contributed by atoms with E-state index in [0.29, 0.717) is 35.1 Å². The maximum absolute atomic E-state index is 12.2. The average molecular weight is 445 g/mol. The Morgan fingerprint density at radius 3 is 2.47 bits per heavy atom. The molecule has 0 spiro atoms. The van der Waals surface area contributed by atoms with E-state index in [9.17, 15) is 4.79 Å². The molecule has 0 unspecified atom stereocenters. The third-order valence-corrected chi connectivity index (χ3v) is 5.36. The van der Waals surface area contributed by atoms with Crippen LogP contribution in [-0.2, 0) is 4.79 Å². The largest absolute Gasteiger partial charge is 0.494 e. The lowest BCUT2D eigenvalue weighted by atomic mass is 10.2. The van der Waals surface area contributed by atoms with Gasteiger partial charge in [0.15, 0.2) is 11.0 Å². The quantitative estimate of drug-likeness (QED) is 0.478. The molecular formula is C22H25ClN4O2S. The summed E-state index contributed by atoms with van der Waals surface area (Å²) >= 11 is 7.39. The summed E-state index contributed by atoms with van der Waals surface area (Å²) in [7, 11) is 0.